The van der Waals surface area contributed by atoms with Gasteiger partial charge in [-0.25, -0.2) is 9.97 Å². The summed E-state index contributed by atoms with van der Waals surface area (Å²) in [4.78, 5) is 8.24. The standard InChI is InChI=1S/C11H7ClN2/c12-11-13-6-8-5-7-3-1-2-4-9(7)10(8)14-11/h1-4,6H,5H2. The first-order valence-corrected chi connectivity index (χ1v) is 4.82. The van der Waals surface area contributed by atoms with Crippen LogP contribution in [0.3, 0.4) is 0 Å². The molecule has 2 aromatic rings. The number of benzene rings is 1. The van der Waals surface area contributed by atoms with Crippen molar-refractivity contribution in [3.63, 3.8) is 0 Å². The van der Waals surface area contributed by atoms with Gasteiger partial charge in [0.1, 0.15) is 0 Å². The third kappa shape index (κ3) is 1.04. The second-order valence-electron chi connectivity index (χ2n) is 3.35. The fourth-order valence-electron chi connectivity index (χ4n) is 1.86. The third-order valence-corrected chi connectivity index (χ3v) is 2.67. The fourth-order valence-corrected chi connectivity index (χ4v) is 1.99. The van der Waals surface area contributed by atoms with E-state index in [0.717, 1.165) is 17.7 Å². The predicted octanol–water partition coefficient (Wildman–Crippen LogP) is 2.70. The molecule has 0 saturated carbocycles. The smallest absolute Gasteiger partial charge is 0.222 e. The second kappa shape index (κ2) is 2.79. The zero-order valence-electron chi connectivity index (χ0n) is 7.37. The Labute approximate surface area is 86.6 Å². The van der Waals surface area contributed by atoms with Crippen molar-refractivity contribution in [2.45, 2.75) is 6.42 Å². The molecule has 1 heterocycles. The van der Waals surface area contributed by atoms with Crippen molar-refractivity contribution in [2.75, 3.05) is 0 Å². The number of aromatic nitrogens is 2. The lowest BCUT2D eigenvalue weighted by atomic mass is 10.1. The lowest BCUT2D eigenvalue weighted by molar-refractivity contribution is 1.12. The molecule has 0 radical (unpaired) electrons. The average molecular weight is 203 g/mol. The molecule has 3 rings (SSSR count). The van der Waals surface area contributed by atoms with E-state index in [9.17, 15) is 0 Å². The maximum absolute atomic E-state index is 5.77. The average Bonchev–Trinajstić information content (AvgIpc) is 2.56. The number of hydrogen-bond acceptors (Lipinski definition) is 2. The van der Waals surface area contributed by atoms with Gasteiger partial charge in [-0.15, -0.1) is 0 Å². The summed E-state index contributed by atoms with van der Waals surface area (Å²) in [5, 5.41) is 0.320. The Morgan fingerprint density at radius 3 is 2.93 bits per heavy atom. The van der Waals surface area contributed by atoms with Crippen LogP contribution in [-0.2, 0) is 6.42 Å². The summed E-state index contributed by atoms with van der Waals surface area (Å²) in [6.07, 6.45) is 2.73. The van der Waals surface area contributed by atoms with Gasteiger partial charge >= 0.3 is 0 Å². The molecular formula is C11H7ClN2. The number of rotatable bonds is 0. The maximum atomic E-state index is 5.77. The highest BCUT2D eigenvalue weighted by molar-refractivity contribution is 6.28. The second-order valence-corrected chi connectivity index (χ2v) is 3.68. The highest BCUT2D eigenvalue weighted by Crippen LogP contribution is 2.34. The van der Waals surface area contributed by atoms with Crippen molar-refractivity contribution in [1.82, 2.24) is 9.97 Å². The molecule has 0 saturated heterocycles. The van der Waals surface area contributed by atoms with E-state index in [0.29, 0.717) is 5.28 Å². The van der Waals surface area contributed by atoms with Crippen molar-refractivity contribution < 1.29 is 0 Å². The Morgan fingerprint density at radius 2 is 2.00 bits per heavy atom. The first-order valence-electron chi connectivity index (χ1n) is 4.44. The van der Waals surface area contributed by atoms with Crippen molar-refractivity contribution in [2.24, 2.45) is 0 Å². The van der Waals surface area contributed by atoms with Crippen LogP contribution >= 0.6 is 11.6 Å². The van der Waals surface area contributed by atoms with Crippen molar-refractivity contribution in [3.05, 3.63) is 46.9 Å². The topological polar surface area (TPSA) is 25.8 Å². The van der Waals surface area contributed by atoms with Gasteiger partial charge in [0.05, 0.1) is 5.69 Å². The third-order valence-electron chi connectivity index (χ3n) is 2.49. The van der Waals surface area contributed by atoms with Gasteiger partial charge in [-0.05, 0) is 17.2 Å². The number of hydrogen-bond donors (Lipinski definition) is 0. The molecule has 1 aliphatic rings. The Morgan fingerprint density at radius 1 is 1.14 bits per heavy atom. The zero-order chi connectivity index (χ0) is 9.54. The van der Waals surface area contributed by atoms with Crippen LogP contribution < -0.4 is 0 Å². The molecular weight excluding hydrogens is 196 g/mol. The van der Waals surface area contributed by atoms with Crippen LogP contribution in [0.15, 0.2) is 30.5 Å². The quantitative estimate of drug-likeness (QED) is 0.524. The molecule has 0 atom stereocenters. The molecule has 0 amide bonds. The van der Waals surface area contributed by atoms with E-state index in [1.165, 1.54) is 11.1 Å². The molecule has 68 valence electrons. The van der Waals surface area contributed by atoms with Crippen molar-refractivity contribution in [1.29, 1.82) is 0 Å². The largest absolute Gasteiger partial charge is 0.226 e. The Balaban J connectivity index is 2.30. The fraction of sp³-hybridized carbons (Fsp3) is 0.0909. The van der Waals surface area contributed by atoms with E-state index < -0.39 is 0 Å². The Bertz CT molecular complexity index is 508. The molecule has 1 aromatic carbocycles. The number of halogens is 1. The summed E-state index contributed by atoms with van der Waals surface area (Å²) < 4.78 is 0. The van der Waals surface area contributed by atoms with Gasteiger partial charge in [0.2, 0.25) is 5.28 Å². The van der Waals surface area contributed by atoms with Crippen LogP contribution in [0.1, 0.15) is 11.1 Å². The minimum atomic E-state index is 0.320. The van der Waals surface area contributed by atoms with Crippen LogP contribution in [0.25, 0.3) is 11.3 Å². The van der Waals surface area contributed by atoms with Gasteiger partial charge in [-0.3, -0.25) is 0 Å². The molecule has 1 aliphatic carbocycles. The van der Waals surface area contributed by atoms with Crippen LogP contribution in [0.5, 0.6) is 0 Å². The van der Waals surface area contributed by atoms with Gasteiger partial charge in [-0.1, -0.05) is 24.3 Å². The highest BCUT2D eigenvalue weighted by atomic mass is 35.5. The monoisotopic (exact) mass is 202 g/mol. The summed E-state index contributed by atoms with van der Waals surface area (Å²) in [6, 6.07) is 8.25. The molecule has 0 N–H and O–H groups in total. The summed E-state index contributed by atoms with van der Waals surface area (Å²) in [6.45, 7) is 0. The van der Waals surface area contributed by atoms with Crippen LogP contribution in [0.2, 0.25) is 5.28 Å². The first-order chi connectivity index (χ1) is 6.84. The summed E-state index contributed by atoms with van der Waals surface area (Å²) >= 11 is 5.77. The molecule has 0 spiro atoms. The van der Waals surface area contributed by atoms with E-state index in [-0.39, 0.29) is 0 Å². The molecule has 0 unspecified atom stereocenters. The summed E-state index contributed by atoms with van der Waals surface area (Å²) in [5.41, 5.74) is 4.64. The summed E-state index contributed by atoms with van der Waals surface area (Å²) in [7, 11) is 0. The van der Waals surface area contributed by atoms with Gasteiger partial charge in [0, 0.05) is 23.7 Å². The lowest BCUT2D eigenvalue weighted by Crippen LogP contribution is -1.88. The van der Waals surface area contributed by atoms with Gasteiger partial charge < -0.3 is 0 Å². The zero-order valence-corrected chi connectivity index (χ0v) is 8.12. The van der Waals surface area contributed by atoms with E-state index in [2.05, 4.69) is 22.1 Å². The highest BCUT2D eigenvalue weighted by Gasteiger charge is 2.19. The molecule has 3 heteroatoms. The number of fused-ring (bicyclic) bond motifs is 3. The van der Waals surface area contributed by atoms with Crippen molar-refractivity contribution in [3.8, 4) is 11.3 Å². The normalized spacial score (nSPS) is 12.4. The van der Waals surface area contributed by atoms with E-state index in [1.807, 2.05) is 18.3 Å². The lowest BCUT2D eigenvalue weighted by Gasteiger charge is -1.98. The van der Waals surface area contributed by atoms with Gasteiger partial charge in [0.15, 0.2) is 0 Å². The van der Waals surface area contributed by atoms with Crippen molar-refractivity contribution >= 4 is 11.6 Å². The molecule has 2 nitrogen and oxygen atoms in total. The predicted molar refractivity (Wildman–Crippen MR) is 55.3 cm³/mol. The van der Waals surface area contributed by atoms with Crippen LogP contribution in [0, 0.1) is 0 Å². The minimum Gasteiger partial charge on any atom is -0.226 e. The SMILES string of the molecule is Clc1ncc2c(n1)-c1ccccc1C2. The minimum absolute atomic E-state index is 0.320. The van der Waals surface area contributed by atoms with E-state index >= 15 is 0 Å². The van der Waals surface area contributed by atoms with E-state index in [1.54, 1.807) is 0 Å². The Hall–Kier alpha value is -1.41. The summed E-state index contributed by atoms with van der Waals surface area (Å²) in [5.74, 6) is 0. The first kappa shape index (κ1) is 7.94. The van der Waals surface area contributed by atoms with Gasteiger partial charge in [0.25, 0.3) is 0 Å². The molecule has 0 bridgehead atoms. The van der Waals surface area contributed by atoms with E-state index in [4.69, 9.17) is 11.6 Å². The molecule has 0 aliphatic heterocycles. The van der Waals surface area contributed by atoms with Gasteiger partial charge in [-0.2, -0.15) is 0 Å². The van der Waals surface area contributed by atoms with Crippen LogP contribution in [0.4, 0.5) is 0 Å². The molecule has 14 heavy (non-hydrogen) atoms. The maximum Gasteiger partial charge on any atom is 0.222 e. The van der Waals surface area contributed by atoms with Crippen LogP contribution in [-0.4, -0.2) is 9.97 Å². The molecule has 0 fully saturated rings. The Kier molecular flexibility index (Phi) is 1.58. The number of nitrogens with zero attached hydrogens (tertiary/aromatic N) is 2. The molecule has 1 aromatic heterocycles.